The molecule has 1 aliphatic rings. The number of ether oxygens (including phenoxy) is 1. The fourth-order valence-electron chi connectivity index (χ4n) is 4.36. The topological polar surface area (TPSA) is 89.3 Å². The first-order valence-corrected chi connectivity index (χ1v) is 12.0. The number of amides is 1. The average molecular weight is 524 g/mol. The molecular weight excluding hydrogens is 499 g/mol. The molecule has 0 atom stereocenters. The minimum atomic E-state index is -4.55. The molecule has 11 heteroatoms. The molecule has 2 aromatic carbocycles. The molecule has 1 aliphatic heterocycles. The zero-order valence-electron chi connectivity index (χ0n) is 20.5. The van der Waals surface area contributed by atoms with Gasteiger partial charge >= 0.3 is 6.18 Å². The maximum atomic E-state index is 13.3. The minimum Gasteiger partial charge on any atom is -0.379 e. The van der Waals surface area contributed by atoms with Gasteiger partial charge in [-0.05, 0) is 36.4 Å². The number of aromatic nitrogens is 3. The highest BCUT2D eigenvalue weighted by Crippen LogP contribution is 2.32. The highest BCUT2D eigenvalue weighted by molar-refractivity contribution is 6.07. The molecule has 0 bridgehead atoms. The zero-order chi connectivity index (χ0) is 26.9. The van der Waals surface area contributed by atoms with Crippen molar-refractivity contribution in [3.8, 4) is 11.4 Å². The van der Waals surface area contributed by atoms with Gasteiger partial charge in [0.2, 0.25) is 0 Å². The lowest BCUT2D eigenvalue weighted by Crippen LogP contribution is -2.36. The van der Waals surface area contributed by atoms with Gasteiger partial charge in [-0.2, -0.15) is 13.2 Å². The van der Waals surface area contributed by atoms with Gasteiger partial charge in [0, 0.05) is 32.2 Å². The second-order valence-corrected chi connectivity index (χ2v) is 8.94. The Morgan fingerprint density at radius 2 is 1.76 bits per heavy atom. The van der Waals surface area contributed by atoms with Crippen LogP contribution < -0.4 is 10.9 Å². The first-order chi connectivity index (χ1) is 18.2. The number of pyridine rings is 1. The molecular formula is C27H24F3N5O3. The van der Waals surface area contributed by atoms with Gasteiger partial charge in [-0.25, -0.2) is 9.97 Å². The Morgan fingerprint density at radius 1 is 1.03 bits per heavy atom. The van der Waals surface area contributed by atoms with E-state index in [0.717, 1.165) is 30.9 Å². The SMILES string of the molecule is Cn1c(-c2cccc(C(F)(F)F)c2)nc2c(NC(=O)c3cccc(CN4CCOCC4)n3)cccc2c1=O. The number of benzene rings is 2. The van der Waals surface area contributed by atoms with Gasteiger partial charge in [0.25, 0.3) is 11.5 Å². The van der Waals surface area contributed by atoms with Crippen LogP contribution in [-0.2, 0) is 24.5 Å². The Kier molecular flexibility index (Phi) is 6.96. The summed E-state index contributed by atoms with van der Waals surface area (Å²) >= 11 is 0. The van der Waals surface area contributed by atoms with Gasteiger partial charge < -0.3 is 10.1 Å². The summed E-state index contributed by atoms with van der Waals surface area (Å²) in [6.07, 6.45) is -4.55. The van der Waals surface area contributed by atoms with E-state index in [1.54, 1.807) is 30.3 Å². The lowest BCUT2D eigenvalue weighted by atomic mass is 10.1. The number of hydrogen-bond acceptors (Lipinski definition) is 6. The monoisotopic (exact) mass is 523 g/mol. The van der Waals surface area contributed by atoms with Crippen LogP contribution in [0.15, 0.2) is 65.5 Å². The summed E-state index contributed by atoms with van der Waals surface area (Å²) in [5.74, 6) is -0.453. The van der Waals surface area contributed by atoms with Crippen LogP contribution in [0.4, 0.5) is 18.9 Å². The number of para-hydroxylation sites is 1. The molecule has 1 amide bonds. The van der Waals surface area contributed by atoms with Crippen molar-refractivity contribution in [2.45, 2.75) is 12.7 Å². The molecule has 1 fully saturated rings. The fraction of sp³-hybridized carbons (Fsp3) is 0.259. The van der Waals surface area contributed by atoms with E-state index in [9.17, 15) is 22.8 Å². The molecule has 0 spiro atoms. The number of fused-ring (bicyclic) bond motifs is 1. The Balaban J connectivity index is 1.48. The van der Waals surface area contributed by atoms with Crippen molar-refractivity contribution in [3.63, 3.8) is 0 Å². The molecule has 1 N–H and O–H groups in total. The Bertz CT molecular complexity index is 1560. The molecule has 4 aromatic rings. The molecule has 38 heavy (non-hydrogen) atoms. The van der Waals surface area contributed by atoms with E-state index in [4.69, 9.17) is 4.74 Å². The van der Waals surface area contributed by atoms with Crippen molar-refractivity contribution in [1.82, 2.24) is 19.4 Å². The summed E-state index contributed by atoms with van der Waals surface area (Å²) in [5, 5.41) is 2.99. The number of alkyl halides is 3. The van der Waals surface area contributed by atoms with E-state index in [1.165, 1.54) is 23.7 Å². The quantitative estimate of drug-likeness (QED) is 0.424. The van der Waals surface area contributed by atoms with Gasteiger partial charge in [0.05, 0.1) is 35.5 Å². The lowest BCUT2D eigenvalue weighted by Gasteiger charge is -2.26. The molecule has 8 nitrogen and oxygen atoms in total. The van der Waals surface area contributed by atoms with E-state index in [2.05, 4.69) is 20.2 Å². The Labute approximate surface area is 215 Å². The Morgan fingerprint density at radius 3 is 2.53 bits per heavy atom. The average Bonchev–Trinajstić information content (AvgIpc) is 2.91. The van der Waals surface area contributed by atoms with Gasteiger partial charge in [0.1, 0.15) is 17.0 Å². The lowest BCUT2D eigenvalue weighted by molar-refractivity contribution is -0.137. The standard InChI is InChI=1S/C27H24F3N5O3/c1-34-24(17-5-2-6-18(15-17)27(28,29)30)33-23-20(26(34)37)8-4-9-21(23)32-25(36)22-10-3-7-19(31-22)16-35-11-13-38-14-12-35/h2-10,15H,11-14,16H2,1H3,(H,32,36). The van der Waals surface area contributed by atoms with Crippen LogP contribution in [0.25, 0.3) is 22.3 Å². The molecule has 1 saturated heterocycles. The van der Waals surface area contributed by atoms with E-state index in [1.807, 2.05) is 6.07 Å². The Hall–Kier alpha value is -4.09. The summed E-state index contributed by atoms with van der Waals surface area (Å²) in [7, 11) is 1.44. The van der Waals surface area contributed by atoms with Gasteiger partial charge in [-0.15, -0.1) is 0 Å². The first-order valence-electron chi connectivity index (χ1n) is 12.0. The third-order valence-electron chi connectivity index (χ3n) is 6.33. The number of nitrogens with one attached hydrogen (secondary N) is 1. The highest BCUT2D eigenvalue weighted by Gasteiger charge is 2.31. The van der Waals surface area contributed by atoms with Crippen molar-refractivity contribution in [1.29, 1.82) is 0 Å². The molecule has 3 heterocycles. The molecule has 0 aliphatic carbocycles. The summed E-state index contributed by atoms with van der Waals surface area (Å²) < 4.78 is 46.4. The first kappa shape index (κ1) is 25.6. The second-order valence-electron chi connectivity index (χ2n) is 8.94. The summed E-state index contributed by atoms with van der Waals surface area (Å²) in [6.45, 7) is 3.44. The normalized spacial score (nSPS) is 14.5. The van der Waals surface area contributed by atoms with Crippen LogP contribution >= 0.6 is 0 Å². The number of rotatable bonds is 5. The van der Waals surface area contributed by atoms with E-state index < -0.39 is 23.2 Å². The minimum absolute atomic E-state index is 0.0425. The number of morpholine rings is 1. The predicted octanol–water partition coefficient (Wildman–Crippen LogP) is 4.10. The number of halogens is 3. The summed E-state index contributed by atoms with van der Waals surface area (Å²) in [4.78, 5) is 37.4. The third-order valence-corrected chi connectivity index (χ3v) is 6.33. The molecule has 2 aromatic heterocycles. The number of nitrogens with zero attached hydrogens (tertiary/aromatic N) is 4. The number of anilines is 1. The highest BCUT2D eigenvalue weighted by atomic mass is 19.4. The largest absolute Gasteiger partial charge is 0.416 e. The smallest absolute Gasteiger partial charge is 0.379 e. The maximum Gasteiger partial charge on any atom is 0.416 e. The van der Waals surface area contributed by atoms with Crippen LogP contribution in [0.1, 0.15) is 21.7 Å². The van der Waals surface area contributed by atoms with Crippen molar-refractivity contribution in [2.24, 2.45) is 7.05 Å². The van der Waals surface area contributed by atoms with Gasteiger partial charge in [-0.1, -0.05) is 24.3 Å². The van der Waals surface area contributed by atoms with Crippen LogP contribution in [0.5, 0.6) is 0 Å². The summed E-state index contributed by atoms with van der Waals surface area (Å²) in [6, 6.07) is 14.5. The maximum absolute atomic E-state index is 13.3. The van der Waals surface area contributed by atoms with E-state index in [-0.39, 0.29) is 33.7 Å². The van der Waals surface area contributed by atoms with E-state index in [0.29, 0.717) is 19.8 Å². The van der Waals surface area contributed by atoms with Crippen molar-refractivity contribution < 1.29 is 22.7 Å². The zero-order valence-corrected chi connectivity index (χ0v) is 20.5. The second kappa shape index (κ2) is 10.3. The van der Waals surface area contributed by atoms with Crippen molar-refractivity contribution in [2.75, 3.05) is 31.6 Å². The van der Waals surface area contributed by atoms with Crippen LogP contribution in [0.3, 0.4) is 0 Å². The van der Waals surface area contributed by atoms with Crippen LogP contribution in [-0.4, -0.2) is 51.6 Å². The number of carbonyl (C=O) groups is 1. The summed E-state index contributed by atoms with van der Waals surface area (Å²) in [5.41, 5.74) is 0.156. The van der Waals surface area contributed by atoms with E-state index >= 15 is 0 Å². The van der Waals surface area contributed by atoms with Crippen LogP contribution in [0, 0.1) is 0 Å². The molecule has 0 radical (unpaired) electrons. The third kappa shape index (κ3) is 5.29. The van der Waals surface area contributed by atoms with Gasteiger partial charge in [0.15, 0.2) is 0 Å². The predicted molar refractivity (Wildman–Crippen MR) is 136 cm³/mol. The van der Waals surface area contributed by atoms with Crippen molar-refractivity contribution >= 4 is 22.5 Å². The number of carbonyl (C=O) groups excluding carboxylic acids is 1. The van der Waals surface area contributed by atoms with Crippen LogP contribution in [0.2, 0.25) is 0 Å². The molecule has 5 rings (SSSR count). The van der Waals surface area contributed by atoms with Crippen molar-refractivity contribution in [3.05, 3.63) is 88.0 Å². The van der Waals surface area contributed by atoms with Gasteiger partial charge in [-0.3, -0.25) is 19.1 Å². The molecule has 196 valence electrons. The number of hydrogen-bond donors (Lipinski definition) is 1. The fourth-order valence-corrected chi connectivity index (χ4v) is 4.36. The molecule has 0 saturated carbocycles. The molecule has 0 unspecified atom stereocenters.